The first kappa shape index (κ1) is 15.7. The topological polar surface area (TPSA) is 93.2 Å². The molecule has 0 spiro atoms. The summed E-state index contributed by atoms with van der Waals surface area (Å²) in [7, 11) is 5.03. The highest BCUT2D eigenvalue weighted by Gasteiger charge is 2.25. The van der Waals surface area contributed by atoms with E-state index in [1.807, 2.05) is 20.9 Å². The van der Waals surface area contributed by atoms with Gasteiger partial charge in [0.25, 0.3) is 5.91 Å². The highest BCUT2D eigenvalue weighted by atomic mass is 16.4. The van der Waals surface area contributed by atoms with E-state index in [-0.39, 0.29) is 17.2 Å². The number of rotatable bonds is 4. The summed E-state index contributed by atoms with van der Waals surface area (Å²) >= 11 is 0. The fraction of sp³-hybridized carbons (Fsp3) is 0.429. The van der Waals surface area contributed by atoms with E-state index < -0.39 is 5.97 Å². The Bertz CT molecular complexity index is 744. The van der Waals surface area contributed by atoms with Crippen LogP contribution in [0, 0.1) is 13.8 Å². The maximum absolute atomic E-state index is 12.6. The molecule has 2 rings (SSSR count). The molecule has 0 radical (unpaired) electrons. The average molecular weight is 305 g/mol. The normalized spacial score (nSPS) is 10.8. The van der Waals surface area contributed by atoms with Crippen molar-refractivity contribution in [2.45, 2.75) is 20.4 Å². The van der Waals surface area contributed by atoms with Crippen LogP contribution in [0.15, 0.2) is 6.20 Å². The number of hydrogen-bond donors (Lipinski definition) is 1. The Morgan fingerprint density at radius 3 is 2.41 bits per heavy atom. The first-order chi connectivity index (χ1) is 10.2. The van der Waals surface area contributed by atoms with Crippen LogP contribution >= 0.6 is 0 Å². The van der Waals surface area contributed by atoms with Gasteiger partial charge in [-0.25, -0.2) is 4.79 Å². The zero-order valence-electron chi connectivity index (χ0n) is 13.3. The van der Waals surface area contributed by atoms with Crippen molar-refractivity contribution in [3.8, 4) is 0 Å². The van der Waals surface area contributed by atoms with Gasteiger partial charge in [0.15, 0.2) is 0 Å². The molecule has 2 aromatic rings. The Hall–Kier alpha value is -2.64. The molecule has 2 heterocycles. The van der Waals surface area contributed by atoms with Gasteiger partial charge < -0.3 is 10.0 Å². The second-order valence-electron chi connectivity index (χ2n) is 5.27. The number of aryl methyl sites for hydroxylation is 3. The minimum atomic E-state index is -1.17. The minimum Gasteiger partial charge on any atom is -0.478 e. The lowest BCUT2D eigenvalue weighted by Crippen LogP contribution is -2.30. The second kappa shape index (κ2) is 5.63. The summed E-state index contributed by atoms with van der Waals surface area (Å²) in [5.41, 5.74) is 2.74. The van der Waals surface area contributed by atoms with Gasteiger partial charge >= 0.3 is 5.97 Å². The van der Waals surface area contributed by atoms with Gasteiger partial charge in [0.2, 0.25) is 0 Å². The van der Waals surface area contributed by atoms with Crippen molar-refractivity contribution in [2.24, 2.45) is 14.1 Å². The molecule has 8 heteroatoms. The minimum absolute atomic E-state index is 0.0641. The average Bonchev–Trinajstić information content (AvgIpc) is 2.93. The van der Waals surface area contributed by atoms with E-state index in [0.29, 0.717) is 6.54 Å². The van der Waals surface area contributed by atoms with Gasteiger partial charge in [0.05, 0.1) is 11.9 Å². The van der Waals surface area contributed by atoms with Gasteiger partial charge in [-0.3, -0.25) is 14.2 Å². The Morgan fingerprint density at radius 2 is 1.91 bits per heavy atom. The van der Waals surface area contributed by atoms with Gasteiger partial charge in [-0.15, -0.1) is 0 Å². The summed E-state index contributed by atoms with van der Waals surface area (Å²) < 4.78 is 3.04. The summed E-state index contributed by atoms with van der Waals surface area (Å²) in [6.45, 7) is 4.17. The highest BCUT2D eigenvalue weighted by Crippen LogP contribution is 2.17. The Balaban J connectivity index is 2.30. The first-order valence-corrected chi connectivity index (χ1v) is 6.73. The van der Waals surface area contributed by atoms with Crippen LogP contribution in [0.3, 0.4) is 0 Å². The third-order valence-electron chi connectivity index (χ3n) is 3.77. The molecule has 0 aliphatic carbocycles. The molecule has 0 atom stereocenters. The molecule has 0 saturated heterocycles. The van der Waals surface area contributed by atoms with Crippen LogP contribution < -0.4 is 0 Å². The van der Waals surface area contributed by atoms with E-state index in [9.17, 15) is 9.59 Å². The fourth-order valence-electron chi connectivity index (χ4n) is 2.38. The van der Waals surface area contributed by atoms with E-state index in [4.69, 9.17) is 5.11 Å². The van der Waals surface area contributed by atoms with E-state index in [1.165, 1.54) is 15.8 Å². The predicted octanol–water partition coefficient (Wildman–Crippen LogP) is 0.741. The molecule has 22 heavy (non-hydrogen) atoms. The molecular weight excluding hydrogens is 286 g/mol. The SMILES string of the molecule is Cc1nn(C)c(C)c1CN(C)C(=O)c1c(C(=O)O)cnn1C. The lowest BCUT2D eigenvalue weighted by Gasteiger charge is -2.18. The van der Waals surface area contributed by atoms with Crippen molar-refractivity contribution >= 4 is 11.9 Å². The Morgan fingerprint density at radius 1 is 1.27 bits per heavy atom. The summed E-state index contributed by atoms with van der Waals surface area (Å²) in [6, 6.07) is 0. The van der Waals surface area contributed by atoms with Crippen LogP contribution in [0.2, 0.25) is 0 Å². The fourth-order valence-corrected chi connectivity index (χ4v) is 2.38. The van der Waals surface area contributed by atoms with Crippen LogP contribution in [0.5, 0.6) is 0 Å². The number of aromatic nitrogens is 4. The Kier molecular flexibility index (Phi) is 4.03. The number of amides is 1. The number of carboxylic acid groups (broad SMARTS) is 1. The third-order valence-corrected chi connectivity index (χ3v) is 3.77. The second-order valence-corrected chi connectivity index (χ2v) is 5.27. The summed E-state index contributed by atoms with van der Waals surface area (Å²) in [5, 5.41) is 17.3. The Labute approximate surface area is 127 Å². The van der Waals surface area contributed by atoms with Gasteiger partial charge in [0.1, 0.15) is 11.3 Å². The maximum atomic E-state index is 12.6. The molecule has 118 valence electrons. The van der Waals surface area contributed by atoms with Gasteiger partial charge in [-0.2, -0.15) is 10.2 Å². The summed E-state index contributed by atoms with van der Waals surface area (Å²) in [6.07, 6.45) is 1.18. The zero-order chi connectivity index (χ0) is 16.6. The summed E-state index contributed by atoms with van der Waals surface area (Å²) in [5.74, 6) is -1.56. The number of carbonyl (C=O) groups is 2. The van der Waals surface area contributed by atoms with Crippen LogP contribution in [-0.4, -0.2) is 48.5 Å². The van der Waals surface area contributed by atoms with Crippen molar-refractivity contribution < 1.29 is 14.7 Å². The van der Waals surface area contributed by atoms with Crippen molar-refractivity contribution in [3.05, 3.63) is 34.4 Å². The molecule has 1 amide bonds. The molecule has 0 unspecified atom stereocenters. The molecule has 0 bridgehead atoms. The number of carbonyl (C=O) groups excluding carboxylic acids is 1. The van der Waals surface area contributed by atoms with Crippen molar-refractivity contribution in [2.75, 3.05) is 7.05 Å². The number of aromatic carboxylic acids is 1. The van der Waals surface area contributed by atoms with Crippen LogP contribution in [-0.2, 0) is 20.6 Å². The lowest BCUT2D eigenvalue weighted by atomic mass is 10.1. The van der Waals surface area contributed by atoms with Crippen molar-refractivity contribution in [1.82, 2.24) is 24.5 Å². The molecule has 1 N–H and O–H groups in total. The number of nitrogens with zero attached hydrogens (tertiary/aromatic N) is 5. The number of carboxylic acids is 1. The number of hydrogen-bond acceptors (Lipinski definition) is 4. The highest BCUT2D eigenvalue weighted by molar-refractivity contribution is 6.03. The molecule has 0 aliphatic heterocycles. The first-order valence-electron chi connectivity index (χ1n) is 6.73. The molecule has 2 aromatic heterocycles. The quantitative estimate of drug-likeness (QED) is 0.899. The van der Waals surface area contributed by atoms with E-state index in [2.05, 4.69) is 10.2 Å². The molecule has 0 saturated carbocycles. The van der Waals surface area contributed by atoms with Crippen LogP contribution in [0.25, 0.3) is 0 Å². The lowest BCUT2D eigenvalue weighted by molar-refractivity contribution is 0.0678. The zero-order valence-corrected chi connectivity index (χ0v) is 13.3. The largest absolute Gasteiger partial charge is 0.478 e. The standard InChI is InChI=1S/C14H19N5O3/c1-8-11(9(2)18(4)16-8)7-17(3)13(20)12-10(14(21)22)6-15-19(12)5/h6H,7H2,1-5H3,(H,21,22). The van der Waals surface area contributed by atoms with E-state index >= 15 is 0 Å². The van der Waals surface area contributed by atoms with E-state index in [1.54, 1.807) is 18.8 Å². The van der Waals surface area contributed by atoms with E-state index in [0.717, 1.165) is 17.0 Å². The molecular formula is C14H19N5O3. The van der Waals surface area contributed by atoms with Crippen molar-refractivity contribution in [1.29, 1.82) is 0 Å². The molecule has 0 aliphatic rings. The monoisotopic (exact) mass is 305 g/mol. The van der Waals surface area contributed by atoms with Gasteiger partial charge in [-0.1, -0.05) is 0 Å². The third kappa shape index (κ3) is 2.59. The van der Waals surface area contributed by atoms with Crippen LogP contribution in [0.1, 0.15) is 37.8 Å². The van der Waals surface area contributed by atoms with Crippen LogP contribution in [0.4, 0.5) is 0 Å². The molecule has 0 fully saturated rings. The van der Waals surface area contributed by atoms with Crippen molar-refractivity contribution in [3.63, 3.8) is 0 Å². The molecule has 0 aromatic carbocycles. The van der Waals surface area contributed by atoms with Gasteiger partial charge in [-0.05, 0) is 13.8 Å². The van der Waals surface area contributed by atoms with Gasteiger partial charge in [0, 0.05) is 38.9 Å². The molecule has 8 nitrogen and oxygen atoms in total. The smallest absolute Gasteiger partial charge is 0.339 e. The summed E-state index contributed by atoms with van der Waals surface area (Å²) in [4.78, 5) is 25.2. The maximum Gasteiger partial charge on any atom is 0.339 e. The predicted molar refractivity (Wildman–Crippen MR) is 78.6 cm³/mol.